The summed E-state index contributed by atoms with van der Waals surface area (Å²) in [4.78, 5) is 24.4. The number of rotatable bonds is 5. The van der Waals surface area contributed by atoms with Gasteiger partial charge in [0.25, 0.3) is 0 Å². The molecular weight excluding hydrogens is 342 g/mol. The van der Waals surface area contributed by atoms with Gasteiger partial charge in [-0.15, -0.1) is 11.3 Å². The number of thiophene rings is 1. The molecule has 0 radical (unpaired) electrons. The number of hydrogen-bond donors (Lipinski definition) is 1. The number of anilines is 1. The van der Waals surface area contributed by atoms with Gasteiger partial charge < -0.3 is 19.2 Å². The smallest absolute Gasteiger partial charge is 0.348 e. The topological polar surface area (TPSA) is 77.8 Å². The number of furan rings is 1. The number of hydrogen-bond acceptors (Lipinski definition) is 6. The summed E-state index contributed by atoms with van der Waals surface area (Å²) in [5.74, 6) is 0.108. The summed E-state index contributed by atoms with van der Waals surface area (Å²) in [5, 5.41) is 4.29. The maximum atomic E-state index is 12.3. The number of carbonyl (C=O) groups is 2. The van der Waals surface area contributed by atoms with E-state index in [0.29, 0.717) is 21.2 Å². The van der Waals surface area contributed by atoms with Crippen molar-refractivity contribution < 1.29 is 23.5 Å². The fourth-order valence-corrected chi connectivity index (χ4v) is 3.53. The molecule has 1 N–H and O–H groups in total. The van der Waals surface area contributed by atoms with E-state index in [1.165, 1.54) is 18.4 Å². The first kappa shape index (κ1) is 17.0. The molecule has 6 nitrogen and oxygen atoms in total. The van der Waals surface area contributed by atoms with Crippen LogP contribution in [-0.2, 0) is 16.0 Å². The van der Waals surface area contributed by atoms with E-state index in [0.717, 1.165) is 16.5 Å². The molecule has 7 heteroatoms. The van der Waals surface area contributed by atoms with Gasteiger partial charge in [0.15, 0.2) is 0 Å². The highest BCUT2D eigenvalue weighted by atomic mass is 32.1. The lowest BCUT2D eigenvalue weighted by molar-refractivity contribution is -0.115. The third-order valence-electron chi connectivity index (χ3n) is 3.77. The van der Waals surface area contributed by atoms with Gasteiger partial charge in [-0.05, 0) is 30.7 Å². The molecule has 0 unspecified atom stereocenters. The van der Waals surface area contributed by atoms with Crippen molar-refractivity contribution in [2.24, 2.45) is 0 Å². The second kappa shape index (κ2) is 6.98. The minimum Gasteiger partial charge on any atom is -0.497 e. The Hall–Kier alpha value is -2.80. The molecule has 0 saturated heterocycles. The molecule has 0 aliphatic carbocycles. The Labute approximate surface area is 148 Å². The summed E-state index contributed by atoms with van der Waals surface area (Å²) in [6, 6.07) is 7.23. The number of esters is 1. The number of methoxy groups -OCH3 is 2. The van der Waals surface area contributed by atoms with Crippen LogP contribution in [0.1, 0.15) is 20.8 Å². The molecule has 0 atom stereocenters. The zero-order chi connectivity index (χ0) is 18.0. The molecular formula is C18H17NO5S. The molecule has 2 heterocycles. The van der Waals surface area contributed by atoms with Crippen molar-refractivity contribution in [2.45, 2.75) is 13.3 Å². The fraction of sp³-hybridized carbons (Fsp3) is 0.222. The molecule has 0 spiro atoms. The van der Waals surface area contributed by atoms with Crippen LogP contribution in [-0.4, -0.2) is 26.1 Å². The fourth-order valence-electron chi connectivity index (χ4n) is 2.52. The number of amides is 1. The molecule has 130 valence electrons. The summed E-state index contributed by atoms with van der Waals surface area (Å²) >= 11 is 1.20. The zero-order valence-corrected chi connectivity index (χ0v) is 14.9. The Bertz CT molecular complexity index is 940. The highest BCUT2D eigenvalue weighted by Gasteiger charge is 2.16. The van der Waals surface area contributed by atoms with Gasteiger partial charge in [-0.25, -0.2) is 4.79 Å². The second-order valence-corrected chi connectivity index (χ2v) is 6.51. The van der Waals surface area contributed by atoms with Crippen LogP contribution in [0.5, 0.6) is 5.75 Å². The summed E-state index contributed by atoms with van der Waals surface area (Å²) in [7, 11) is 2.92. The van der Waals surface area contributed by atoms with Crippen LogP contribution in [0, 0.1) is 6.92 Å². The third kappa shape index (κ3) is 3.51. The van der Waals surface area contributed by atoms with Crippen LogP contribution in [0.4, 0.5) is 5.00 Å². The van der Waals surface area contributed by atoms with Gasteiger partial charge in [-0.2, -0.15) is 0 Å². The van der Waals surface area contributed by atoms with Crippen LogP contribution in [0.2, 0.25) is 0 Å². The Balaban J connectivity index is 1.74. The van der Waals surface area contributed by atoms with Gasteiger partial charge >= 0.3 is 5.97 Å². The van der Waals surface area contributed by atoms with Crippen LogP contribution < -0.4 is 10.1 Å². The first-order valence-electron chi connectivity index (χ1n) is 7.54. The normalized spacial score (nSPS) is 10.7. The van der Waals surface area contributed by atoms with E-state index in [4.69, 9.17) is 13.9 Å². The number of benzene rings is 1. The quantitative estimate of drug-likeness (QED) is 0.702. The van der Waals surface area contributed by atoms with Gasteiger partial charge in [0, 0.05) is 17.0 Å². The summed E-state index contributed by atoms with van der Waals surface area (Å²) in [6.45, 7) is 1.80. The number of nitrogens with one attached hydrogen (secondary N) is 1. The molecule has 0 fully saturated rings. The zero-order valence-electron chi connectivity index (χ0n) is 14.0. The van der Waals surface area contributed by atoms with E-state index < -0.39 is 5.97 Å². The first-order chi connectivity index (χ1) is 12.0. The highest BCUT2D eigenvalue weighted by Crippen LogP contribution is 2.29. The Kier molecular flexibility index (Phi) is 4.76. The minimum absolute atomic E-state index is 0.170. The van der Waals surface area contributed by atoms with E-state index in [-0.39, 0.29) is 12.3 Å². The molecule has 0 aliphatic heterocycles. The van der Waals surface area contributed by atoms with Gasteiger partial charge in [0.1, 0.15) is 16.2 Å². The summed E-state index contributed by atoms with van der Waals surface area (Å²) in [5.41, 5.74) is 2.23. The Morgan fingerprint density at radius 1 is 1.24 bits per heavy atom. The predicted molar refractivity (Wildman–Crippen MR) is 95.5 cm³/mol. The largest absolute Gasteiger partial charge is 0.497 e. The Morgan fingerprint density at radius 2 is 2.04 bits per heavy atom. The monoisotopic (exact) mass is 359 g/mol. The van der Waals surface area contributed by atoms with Crippen molar-refractivity contribution in [3.8, 4) is 5.75 Å². The molecule has 2 aromatic heterocycles. The molecule has 1 amide bonds. The lowest BCUT2D eigenvalue weighted by atomic mass is 10.1. The van der Waals surface area contributed by atoms with Crippen molar-refractivity contribution >= 4 is 39.2 Å². The number of ether oxygens (including phenoxy) is 2. The van der Waals surface area contributed by atoms with E-state index in [1.807, 2.05) is 12.1 Å². The summed E-state index contributed by atoms with van der Waals surface area (Å²) < 4.78 is 15.4. The number of aryl methyl sites for hydroxylation is 1. The van der Waals surface area contributed by atoms with Crippen LogP contribution in [0.15, 0.2) is 34.9 Å². The maximum absolute atomic E-state index is 12.3. The molecule has 0 saturated carbocycles. The van der Waals surface area contributed by atoms with E-state index in [9.17, 15) is 9.59 Å². The van der Waals surface area contributed by atoms with Crippen molar-refractivity contribution in [1.29, 1.82) is 0 Å². The van der Waals surface area contributed by atoms with Crippen molar-refractivity contribution in [3.63, 3.8) is 0 Å². The lowest BCUT2D eigenvalue weighted by Crippen LogP contribution is -2.13. The SMILES string of the molecule is COC(=O)c1sc(NC(=O)Cc2coc3cc(OC)ccc23)cc1C. The predicted octanol–water partition coefficient (Wildman–Crippen LogP) is 3.78. The first-order valence-corrected chi connectivity index (χ1v) is 8.36. The third-order valence-corrected chi connectivity index (χ3v) is 4.90. The van der Waals surface area contributed by atoms with Gasteiger partial charge in [-0.3, -0.25) is 4.79 Å². The average Bonchev–Trinajstić information content (AvgIpc) is 3.17. The van der Waals surface area contributed by atoms with E-state index in [1.54, 1.807) is 32.4 Å². The maximum Gasteiger partial charge on any atom is 0.348 e. The minimum atomic E-state index is -0.405. The van der Waals surface area contributed by atoms with Gasteiger partial charge in [-0.1, -0.05) is 0 Å². The number of carbonyl (C=O) groups excluding carboxylic acids is 2. The lowest BCUT2D eigenvalue weighted by Gasteiger charge is -2.02. The molecule has 25 heavy (non-hydrogen) atoms. The van der Waals surface area contributed by atoms with Crippen molar-refractivity contribution in [1.82, 2.24) is 0 Å². The molecule has 3 rings (SSSR count). The molecule has 1 aromatic carbocycles. The average molecular weight is 359 g/mol. The molecule has 0 bridgehead atoms. The second-order valence-electron chi connectivity index (χ2n) is 5.46. The van der Waals surface area contributed by atoms with E-state index in [2.05, 4.69) is 5.32 Å². The van der Waals surface area contributed by atoms with Gasteiger partial charge in [0.05, 0.1) is 31.9 Å². The van der Waals surface area contributed by atoms with E-state index >= 15 is 0 Å². The Morgan fingerprint density at radius 3 is 2.76 bits per heavy atom. The van der Waals surface area contributed by atoms with Crippen molar-refractivity contribution in [3.05, 3.63) is 46.5 Å². The summed E-state index contributed by atoms with van der Waals surface area (Å²) in [6.07, 6.45) is 1.74. The van der Waals surface area contributed by atoms with Gasteiger partial charge in [0.2, 0.25) is 5.91 Å². The van der Waals surface area contributed by atoms with Crippen LogP contribution in [0.3, 0.4) is 0 Å². The molecule has 0 aliphatic rings. The van der Waals surface area contributed by atoms with Crippen LogP contribution in [0.25, 0.3) is 11.0 Å². The molecule has 3 aromatic rings. The van der Waals surface area contributed by atoms with Crippen molar-refractivity contribution in [2.75, 3.05) is 19.5 Å². The van der Waals surface area contributed by atoms with Crippen LogP contribution >= 0.6 is 11.3 Å². The standard InChI is InChI=1S/C18H17NO5S/c1-10-6-16(25-17(10)18(21)23-3)19-15(20)7-11-9-24-14-8-12(22-2)4-5-13(11)14/h4-6,8-9H,7H2,1-3H3,(H,19,20). The number of fused-ring (bicyclic) bond motifs is 1. The highest BCUT2D eigenvalue weighted by molar-refractivity contribution is 7.18.